The third-order valence-electron chi connectivity index (χ3n) is 3.55. The lowest BCUT2D eigenvalue weighted by molar-refractivity contribution is -0.152. The number of carbonyl (C=O) groups excluding carboxylic acids is 1. The van der Waals surface area contributed by atoms with Gasteiger partial charge in [-0.1, -0.05) is 31.2 Å². The fraction of sp³-hybridized carbons (Fsp3) is 0.562. The largest absolute Gasteiger partial charge is 0.401 e. The number of halogens is 3. The third-order valence-corrected chi connectivity index (χ3v) is 3.55. The van der Waals surface area contributed by atoms with Crippen molar-refractivity contribution >= 4 is 5.78 Å². The fourth-order valence-corrected chi connectivity index (χ4v) is 2.27. The van der Waals surface area contributed by atoms with Crippen LogP contribution in [0.3, 0.4) is 0 Å². The van der Waals surface area contributed by atoms with Crippen LogP contribution >= 0.6 is 0 Å². The van der Waals surface area contributed by atoms with Crippen molar-refractivity contribution < 1.29 is 18.0 Å². The quantitative estimate of drug-likeness (QED) is 0.738. The highest BCUT2D eigenvalue weighted by Gasteiger charge is 2.36. The van der Waals surface area contributed by atoms with Gasteiger partial charge in [-0.15, -0.1) is 0 Å². The Labute approximate surface area is 123 Å². The minimum Gasteiger partial charge on any atom is -0.292 e. The molecule has 1 rings (SSSR count). The molecule has 0 aliphatic rings. The van der Waals surface area contributed by atoms with Crippen LogP contribution in [0.4, 0.5) is 13.2 Å². The summed E-state index contributed by atoms with van der Waals surface area (Å²) in [6.45, 7) is 5.78. The van der Waals surface area contributed by atoms with Gasteiger partial charge in [0.25, 0.3) is 0 Å². The van der Waals surface area contributed by atoms with Gasteiger partial charge in [-0.05, 0) is 32.8 Å². The molecule has 0 saturated heterocycles. The first-order valence-electron chi connectivity index (χ1n) is 7.11. The van der Waals surface area contributed by atoms with E-state index in [1.54, 1.807) is 26.0 Å². The second-order valence-corrected chi connectivity index (χ2v) is 5.47. The molecule has 0 amide bonds. The zero-order valence-electron chi connectivity index (χ0n) is 12.9. The molecule has 0 N–H and O–H groups in total. The van der Waals surface area contributed by atoms with Gasteiger partial charge in [0.15, 0.2) is 5.78 Å². The Morgan fingerprint density at radius 3 is 2.05 bits per heavy atom. The van der Waals surface area contributed by atoms with Crippen molar-refractivity contribution in [3.63, 3.8) is 0 Å². The van der Waals surface area contributed by atoms with Crippen LogP contribution in [0.1, 0.15) is 43.6 Å². The highest BCUT2D eigenvalue weighted by Crippen LogP contribution is 2.21. The van der Waals surface area contributed by atoms with E-state index < -0.39 is 18.8 Å². The van der Waals surface area contributed by atoms with Crippen molar-refractivity contribution in [3.05, 3.63) is 35.4 Å². The standard InChI is InChI=1S/C16H22F3NO/c1-5-13-6-8-14(9-7-13)15(21)12(4)20(11(2)3)10-16(17,18)19/h6-9,11-12H,5,10H2,1-4H3. The molecule has 0 bridgehead atoms. The van der Waals surface area contributed by atoms with Gasteiger partial charge >= 0.3 is 6.18 Å². The molecule has 0 aliphatic carbocycles. The predicted molar refractivity (Wildman–Crippen MR) is 77.5 cm³/mol. The van der Waals surface area contributed by atoms with Crippen LogP contribution in [0.25, 0.3) is 0 Å². The number of Topliss-reactive ketones (excluding diaryl/α,β-unsaturated/α-hetero) is 1. The van der Waals surface area contributed by atoms with E-state index in [1.807, 2.05) is 19.1 Å². The number of carbonyl (C=O) groups is 1. The minimum atomic E-state index is -4.31. The van der Waals surface area contributed by atoms with Crippen molar-refractivity contribution in [2.75, 3.05) is 6.54 Å². The maximum absolute atomic E-state index is 12.6. The molecule has 0 heterocycles. The fourth-order valence-electron chi connectivity index (χ4n) is 2.27. The summed E-state index contributed by atoms with van der Waals surface area (Å²) in [4.78, 5) is 13.5. The number of hydrogen-bond donors (Lipinski definition) is 0. The van der Waals surface area contributed by atoms with E-state index in [-0.39, 0.29) is 11.8 Å². The topological polar surface area (TPSA) is 20.3 Å². The first-order chi connectivity index (χ1) is 9.65. The zero-order chi connectivity index (χ0) is 16.2. The van der Waals surface area contributed by atoms with Crippen LogP contribution in [0.15, 0.2) is 24.3 Å². The molecule has 1 aromatic carbocycles. The van der Waals surface area contributed by atoms with E-state index in [0.29, 0.717) is 5.56 Å². The molecule has 21 heavy (non-hydrogen) atoms. The van der Waals surface area contributed by atoms with Crippen molar-refractivity contribution in [1.29, 1.82) is 0 Å². The van der Waals surface area contributed by atoms with E-state index in [2.05, 4.69) is 0 Å². The Bertz CT molecular complexity index is 465. The van der Waals surface area contributed by atoms with Crippen LogP contribution in [0.5, 0.6) is 0 Å². The number of aryl methyl sites for hydroxylation is 1. The van der Waals surface area contributed by atoms with Gasteiger partial charge in [-0.3, -0.25) is 9.69 Å². The summed E-state index contributed by atoms with van der Waals surface area (Å²) in [5.41, 5.74) is 1.54. The molecule has 0 radical (unpaired) electrons. The number of rotatable bonds is 6. The summed E-state index contributed by atoms with van der Waals surface area (Å²) >= 11 is 0. The average molecular weight is 301 g/mol. The number of nitrogens with zero attached hydrogens (tertiary/aromatic N) is 1. The SMILES string of the molecule is CCc1ccc(C(=O)C(C)N(CC(F)(F)F)C(C)C)cc1. The smallest absolute Gasteiger partial charge is 0.292 e. The van der Waals surface area contributed by atoms with Crippen molar-refractivity contribution in [1.82, 2.24) is 4.90 Å². The highest BCUT2D eigenvalue weighted by atomic mass is 19.4. The number of alkyl halides is 3. The molecule has 1 atom stereocenters. The molecule has 118 valence electrons. The van der Waals surface area contributed by atoms with E-state index in [9.17, 15) is 18.0 Å². The summed E-state index contributed by atoms with van der Waals surface area (Å²) in [7, 11) is 0. The lowest BCUT2D eigenvalue weighted by Gasteiger charge is -2.32. The molecule has 2 nitrogen and oxygen atoms in total. The van der Waals surface area contributed by atoms with Crippen molar-refractivity contribution in [3.8, 4) is 0 Å². The number of hydrogen-bond acceptors (Lipinski definition) is 2. The van der Waals surface area contributed by atoms with Gasteiger partial charge in [0.05, 0.1) is 12.6 Å². The first kappa shape index (κ1) is 17.7. The minimum absolute atomic E-state index is 0.282. The molecule has 0 aliphatic heterocycles. The molecule has 1 unspecified atom stereocenters. The lowest BCUT2D eigenvalue weighted by Crippen LogP contribution is -2.48. The monoisotopic (exact) mass is 301 g/mol. The Hall–Kier alpha value is -1.36. The van der Waals surface area contributed by atoms with Crippen LogP contribution in [-0.2, 0) is 6.42 Å². The zero-order valence-corrected chi connectivity index (χ0v) is 12.9. The Morgan fingerprint density at radius 2 is 1.67 bits per heavy atom. The summed E-state index contributed by atoms with van der Waals surface area (Å²) < 4.78 is 37.9. The average Bonchev–Trinajstić information content (AvgIpc) is 2.42. The molecule has 1 aromatic rings. The molecular weight excluding hydrogens is 279 g/mol. The second kappa shape index (κ2) is 7.07. The Balaban J connectivity index is 2.91. The number of benzene rings is 1. The first-order valence-corrected chi connectivity index (χ1v) is 7.11. The highest BCUT2D eigenvalue weighted by molar-refractivity contribution is 5.99. The Morgan fingerprint density at radius 1 is 1.14 bits per heavy atom. The van der Waals surface area contributed by atoms with Crippen molar-refractivity contribution in [2.45, 2.75) is 52.4 Å². The lowest BCUT2D eigenvalue weighted by atomic mass is 10.0. The van der Waals surface area contributed by atoms with Crippen LogP contribution < -0.4 is 0 Å². The Kier molecular flexibility index (Phi) is 5.96. The van der Waals surface area contributed by atoms with Crippen molar-refractivity contribution in [2.24, 2.45) is 0 Å². The third kappa shape index (κ3) is 5.16. The molecule has 0 aromatic heterocycles. The molecular formula is C16H22F3NO. The second-order valence-electron chi connectivity index (χ2n) is 5.47. The van der Waals surface area contributed by atoms with E-state index >= 15 is 0 Å². The van der Waals surface area contributed by atoms with E-state index in [0.717, 1.165) is 12.0 Å². The molecule has 0 saturated carbocycles. The molecule has 0 spiro atoms. The normalized spacial score (nSPS) is 13.8. The molecule has 0 fully saturated rings. The van der Waals surface area contributed by atoms with E-state index in [4.69, 9.17) is 0 Å². The van der Waals surface area contributed by atoms with Crippen LogP contribution in [0, 0.1) is 0 Å². The summed E-state index contributed by atoms with van der Waals surface area (Å²) in [5, 5.41) is 0. The summed E-state index contributed by atoms with van der Waals surface area (Å²) in [5.74, 6) is -0.282. The van der Waals surface area contributed by atoms with Gasteiger partial charge in [-0.2, -0.15) is 13.2 Å². The molecule has 5 heteroatoms. The van der Waals surface area contributed by atoms with Gasteiger partial charge in [0.2, 0.25) is 0 Å². The van der Waals surface area contributed by atoms with Gasteiger partial charge in [-0.25, -0.2) is 0 Å². The summed E-state index contributed by atoms with van der Waals surface area (Å²) in [6.07, 6.45) is -3.46. The van der Waals surface area contributed by atoms with Gasteiger partial charge in [0.1, 0.15) is 0 Å². The van der Waals surface area contributed by atoms with Gasteiger partial charge < -0.3 is 0 Å². The van der Waals surface area contributed by atoms with Crippen LogP contribution in [-0.4, -0.2) is 35.5 Å². The predicted octanol–water partition coefficient (Wildman–Crippen LogP) is 4.09. The maximum atomic E-state index is 12.6. The van der Waals surface area contributed by atoms with Gasteiger partial charge in [0, 0.05) is 11.6 Å². The summed E-state index contributed by atoms with van der Waals surface area (Å²) in [6, 6.07) is 5.87. The maximum Gasteiger partial charge on any atom is 0.401 e. The van der Waals surface area contributed by atoms with Crippen LogP contribution in [0.2, 0.25) is 0 Å². The number of ketones is 1. The van der Waals surface area contributed by atoms with E-state index in [1.165, 1.54) is 11.8 Å².